The number of ether oxygens (including phenoxy) is 1. The van der Waals surface area contributed by atoms with Crippen LogP contribution in [0, 0.1) is 0 Å². The molecule has 3 nitrogen and oxygen atoms in total. The van der Waals surface area contributed by atoms with Crippen LogP contribution in [0.4, 0.5) is 0 Å². The predicted molar refractivity (Wildman–Crippen MR) is 74.7 cm³/mol. The number of rotatable bonds is 2. The monoisotopic (exact) mass is 309 g/mol. The van der Waals surface area contributed by atoms with Gasteiger partial charge in [-0.3, -0.25) is 4.90 Å². The van der Waals surface area contributed by atoms with Crippen molar-refractivity contribution < 1.29 is 9.84 Å². The molecule has 0 bridgehead atoms. The summed E-state index contributed by atoms with van der Waals surface area (Å²) >= 11 is 3.48. The molecule has 0 aliphatic carbocycles. The van der Waals surface area contributed by atoms with Crippen molar-refractivity contribution in [3.8, 4) is 5.75 Å². The van der Waals surface area contributed by atoms with Crippen LogP contribution < -0.4 is 4.74 Å². The summed E-state index contributed by atoms with van der Waals surface area (Å²) in [4.78, 5) is 2.28. The van der Waals surface area contributed by atoms with Crippen molar-refractivity contribution in [2.75, 3.05) is 26.2 Å². The van der Waals surface area contributed by atoms with Gasteiger partial charge in [0.1, 0.15) is 12.4 Å². The first-order valence-electron chi connectivity index (χ1n) is 6.23. The van der Waals surface area contributed by atoms with Gasteiger partial charge in [-0.1, -0.05) is 15.9 Å². The van der Waals surface area contributed by atoms with E-state index in [1.165, 1.54) is 5.57 Å². The summed E-state index contributed by atoms with van der Waals surface area (Å²) in [6.45, 7) is 3.30. The zero-order valence-corrected chi connectivity index (χ0v) is 11.7. The van der Waals surface area contributed by atoms with Crippen molar-refractivity contribution >= 4 is 22.0 Å². The summed E-state index contributed by atoms with van der Waals surface area (Å²) in [6, 6.07) is 6.06. The van der Waals surface area contributed by atoms with E-state index >= 15 is 0 Å². The van der Waals surface area contributed by atoms with Crippen molar-refractivity contribution in [3.63, 3.8) is 0 Å². The highest BCUT2D eigenvalue weighted by Crippen LogP contribution is 2.29. The van der Waals surface area contributed by atoms with Gasteiger partial charge in [0.15, 0.2) is 0 Å². The van der Waals surface area contributed by atoms with Crippen molar-refractivity contribution in [1.82, 2.24) is 4.90 Å². The van der Waals surface area contributed by atoms with E-state index in [0.717, 1.165) is 41.8 Å². The lowest BCUT2D eigenvalue weighted by atomic mass is 10.1. The Labute approximate surface area is 115 Å². The molecule has 1 N–H and O–H groups in total. The highest BCUT2D eigenvalue weighted by molar-refractivity contribution is 9.10. The Morgan fingerprint density at radius 1 is 1.44 bits per heavy atom. The zero-order chi connectivity index (χ0) is 12.5. The molecule has 0 amide bonds. The summed E-state index contributed by atoms with van der Waals surface area (Å²) < 4.78 is 6.82. The van der Waals surface area contributed by atoms with Crippen molar-refractivity contribution in [2.45, 2.75) is 12.5 Å². The maximum Gasteiger partial charge on any atom is 0.127 e. The molecular formula is C14H16BrNO2. The second kappa shape index (κ2) is 5.03. The highest BCUT2D eigenvalue weighted by atomic mass is 79.9. The number of hydrogen-bond acceptors (Lipinski definition) is 3. The molecule has 1 aromatic rings. The van der Waals surface area contributed by atoms with Gasteiger partial charge in [-0.15, -0.1) is 0 Å². The first-order valence-corrected chi connectivity index (χ1v) is 7.02. The largest absolute Gasteiger partial charge is 0.489 e. The summed E-state index contributed by atoms with van der Waals surface area (Å²) in [5.74, 6) is 0.948. The molecule has 2 aliphatic rings. The van der Waals surface area contributed by atoms with E-state index in [-0.39, 0.29) is 6.10 Å². The smallest absolute Gasteiger partial charge is 0.127 e. The highest BCUT2D eigenvalue weighted by Gasteiger charge is 2.22. The number of benzene rings is 1. The number of aliphatic hydroxyl groups excluding tert-OH is 1. The van der Waals surface area contributed by atoms with E-state index in [4.69, 9.17) is 4.74 Å². The van der Waals surface area contributed by atoms with E-state index in [1.54, 1.807) is 0 Å². The summed E-state index contributed by atoms with van der Waals surface area (Å²) in [5, 5.41) is 9.52. The van der Waals surface area contributed by atoms with Crippen LogP contribution in [-0.2, 0) is 0 Å². The van der Waals surface area contributed by atoms with Crippen molar-refractivity contribution in [2.24, 2.45) is 0 Å². The molecule has 1 aromatic carbocycles. The van der Waals surface area contributed by atoms with E-state index in [0.29, 0.717) is 6.61 Å². The molecule has 0 radical (unpaired) electrons. The predicted octanol–water partition coefficient (Wildman–Crippen LogP) is 2.29. The van der Waals surface area contributed by atoms with Crippen LogP contribution in [0.1, 0.15) is 12.0 Å². The third-order valence-corrected chi connectivity index (χ3v) is 3.91. The van der Waals surface area contributed by atoms with Gasteiger partial charge < -0.3 is 9.84 Å². The Balaban J connectivity index is 1.74. The molecule has 2 aliphatic heterocycles. The molecule has 0 spiro atoms. The Morgan fingerprint density at radius 2 is 2.33 bits per heavy atom. The quantitative estimate of drug-likeness (QED) is 0.910. The van der Waals surface area contributed by atoms with Crippen LogP contribution >= 0.6 is 15.9 Å². The number of likely N-dealkylation sites (tertiary alicyclic amines) is 1. The minimum Gasteiger partial charge on any atom is -0.489 e. The van der Waals surface area contributed by atoms with Crippen LogP contribution in [0.2, 0.25) is 0 Å². The molecule has 0 saturated carbocycles. The molecule has 0 aromatic heterocycles. The third kappa shape index (κ3) is 2.60. The van der Waals surface area contributed by atoms with Gasteiger partial charge in [0, 0.05) is 29.7 Å². The molecule has 0 unspecified atom stereocenters. The van der Waals surface area contributed by atoms with Crippen LogP contribution in [0.25, 0.3) is 6.08 Å². The van der Waals surface area contributed by atoms with Crippen LogP contribution in [-0.4, -0.2) is 42.4 Å². The number of hydrogen-bond donors (Lipinski definition) is 1. The van der Waals surface area contributed by atoms with E-state index in [9.17, 15) is 5.11 Å². The van der Waals surface area contributed by atoms with Crippen LogP contribution in [0.5, 0.6) is 5.75 Å². The second-order valence-corrected chi connectivity index (χ2v) is 5.87. The van der Waals surface area contributed by atoms with Gasteiger partial charge in [0.05, 0.1) is 6.10 Å². The zero-order valence-electron chi connectivity index (χ0n) is 10.1. The maximum absolute atomic E-state index is 9.52. The van der Waals surface area contributed by atoms with Gasteiger partial charge in [-0.05, 0) is 36.3 Å². The van der Waals surface area contributed by atoms with Gasteiger partial charge in [-0.2, -0.15) is 0 Å². The van der Waals surface area contributed by atoms with E-state index in [2.05, 4.69) is 33.0 Å². The topological polar surface area (TPSA) is 32.7 Å². The number of β-amino-alcohol motifs (C(OH)–C–C–N with tert-alkyl or cyclic N) is 1. The molecule has 1 saturated heterocycles. The average Bonchev–Trinajstić information content (AvgIpc) is 2.74. The minimum absolute atomic E-state index is 0.156. The molecule has 1 atom stereocenters. The molecule has 2 heterocycles. The fourth-order valence-electron chi connectivity index (χ4n) is 2.53. The standard InChI is InChI=1S/C14H16BrNO2/c15-12-1-2-14-11(6-12)5-10(9-18-14)7-16-4-3-13(17)8-16/h1-2,5-6,13,17H,3-4,7-9H2/t13-/m1/s1. The number of nitrogens with zero attached hydrogens (tertiary/aromatic N) is 1. The fourth-order valence-corrected chi connectivity index (χ4v) is 2.91. The van der Waals surface area contributed by atoms with E-state index < -0.39 is 0 Å². The molecule has 3 rings (SSSR count). The minimum atomic E-state index is -0.156. The van der Waals surface area contributed by atoms with Crippen molar-refractivity contribution in [1.29, 1.82) is 0 Å². The average molecular weight is 310 g/mol. The van der Waals surface area contributed by atoms with Gasteiger partial charge in [0.25, 0.3) is 0 Å². The molecule has 1 fully saturated rings. The lowest BCUT2D eigenvalue weighted by Gasteiger charge is -2.22. The molecule has 18 heavy (non-hydrogen) atoms. The summed E-state index contributed by atoms with van der Waals surface area (Å²) in [7, 11) is 0. The van der Waals surface area contributed by atoms with Gasteiger partial charge >= 0.3 is 0 Å². The lowest BCUT2D eigenvalue weighted by molar-refractivity contribution is 0.178. The van der Waals surface area contributed by atoms with Crippen LogP contribution in [0.3, 0.4) is 0 Å². The second-order valence-electron chi connectivity index (χ2n) is 4.95. The lowest BCUT2D eigenvalue weighted by Crippen LogP contribution is -2.27. The first-order chi connectivity index (χ1) is 8.70. The van der Waals surface area contributed by atoms with Crippen LogP contribution in [0.15, 0.2) is 28.2 Å². The SMILES string of the molecule is O[C@@H]1CCN(CC2=Cc3cc(Br)ccc3OC2)C1. The molecule has 4 heteroatoms. The first kappa shape index (κ1) is 12.2. The Hall–Kier alpha value is -0.840. The fraction of sp³-hybridized carbons (Fsp3) is 0.429. The Bertz CT molecular complexity index is 487. The maximum atomic E-state index is 9.52. The summed E-state index contributed by atoms with van der Waals surface area (Å²) in [5.41, 5.74) is 2.40. The van der Waals surface area contributed by atoms with Gasteiger partial charge in [0.2, 0.25) is 0 Å². The number of aliphatic hydroxyl groups is 1. The molecular weight excluding hydrogens is 294 g/mol. The van der Waals surface area contributed by atoms with Crippen molar-refractivity contribution in [3.05, 3.63) is 33.8 Å². The van der Waals surface area contributed by atoms with Gasteiger partial charge in [-0.25, -0.2) is 0 Å². The normalized spacial score (nSPS) is 23.4. The Morgan fingerprint density at radius 3 is 3.11 bits per heavy atom. The Kier molecular flexibility index (Phi) is 3.41. The molecule has 96 valence electrons. The third-order valence-electron chi connectivity index (χ3n) is 3.42. The number of halogens is 1. The van der Waals surface area contributed by atoms with E-state index in [1.807, 2.05) is 12.1 Å². The number of fused-ring (bicyclic) bond motifs is 1. The summed E-state index contributed by atoms with van der Waals surface area (Å²) in [6.07, 6.45) is 2.93.